The van der Waals surface area contributed by atoms with Gasteiger partial charge >= 0.3 is 0 Å². The average molecular weight is 330 g/mol. The minimum atomic E-state index is 0.371. The number of aromatic nitrogens is 5. The number of nitrogens with one attached hydrogen (secondary N) is 1. The molecule has 25 heavy (non-hydrogen) atoms. The third kappa shape index (κ3) is 2.02. The largest absolute Gasteiger partial charge is 0.452 e. The number of pyridine rings is 2. The fourth-order valence-electron chi connectivity index (χ4n) is 3.14. The monoisotopic (exact) mass is 330 g/mol. The van der Waals surface area contributed by atoms with Crippen LogP contribution in [0, 0.1) is 0 Å². The Balaban J connectivity index is 1.78. The number of hydrogen-bond donors (Lipinski definition) is 2. The highest BCUT2D eigenvalue weighted by Gasteiger charge is 2.17. The van der Waals surface area contributed by atoms with E-state index in [0.29, 0.717) is 11.4 Å². The summed E-state index contributed by atoms with van der Waals surface area (Å²) in [5, 5.41) is 6.20. The molecule has 0 unspecified atom stereocenters. The summed E-state index contributed by atoms with van der Waals surface area (Å²) in [5.74, 6) is 1.10. The molecule has 0 bridgehead atoms. The van der Waals surface area contributed by atoms with E-state index in [1.165, 1.54) is 0 Å². The van der Waals surface area contributed by atoms with Crippen molar-refractivity contribution in [2.45, 2.75) is 0 Å². The average Bonchev–Trinajstić information content (AvgIpc) is 3.32. The lowest BCUT2D eigenvalue weighted by Crippen LogP contribution is -1.91. The molecule has 7 nitrogen and oxygen atoms in total. The number of nitrogens with zero attached hydrogens (tertiary/aromatic N) is 4. The van der Waals surface area contributed by atoms with Crippen LogP contribution in [0.1, 0.15) is 0 Å². The summed E-state index contributed by atoms with van der Waals surface area (Å²) in [5.41, 5.74) is 10.5. The van der Waals surface area contributed by atoms with Crippen LogP contribution >= 0.6 is 0 Å². The standard InChI is InChI=1S/C18H14N6O/c1-24-9-10(5-23-24)13-6-22-18(19)17-12(13)4-16(25-17)14-7-21-15-8-20-3-2-11(14)15/h2-9,21H,1H3,(H2,19,22). The molecule has 0 aromatic carbocycles. The number of fused-ring (bicyclic) bond motifs is 2. The smallest absolute Gasteiger partial charge is 0.177 e. The number of hydrogen-bond acceptors (Lipinski definition) is 5. The minimum Gasteiger partial charge on any atom is -0.452 e. The number of nitrogens with two attached hydrogens (primary N) is 1. The number of rotatable bonds is 2. The summed E-state index contributed by atoms with van der Waals surface area (Å²) in [6.45, 7) is 0. The lowest BCUT2D eigenvalue weighted by molar-refractivity contribution is 0.632. The minimum absolute atomic E-state index is 0.371. The van der Waals surface area contributed by atoms with E-state index in [1.807, 2.05) is 31.6 Å². The zero-order chi connectivity index (χ0) is 17.0. The van der Waals surface area contributed by atoms with Crippen molar-refractivity contribution in [3.63, 3.8) is 0 Å². The third-order valence-electron chi connectivity index (χ3n) is 4.35. The Morgan fingerprint density at radius 3 is 2.92 bits per heavy atom. The Hall–Kier alpha value is -3.61. The maximum atomic E-state index is 6.07. The van der Waals surface area contributed by atoms with Crippen LogP contribution in [0.2, 0.25) is 0 Å². The van der Waals surface area contributed by atoms with Gasteiger partial charge in [0.05, 0.1) is 17.9 Å². The number of anilines is 1. The highest BCUT2D eigenvalue weighted by atomic mass is 16.3. The Labute approximate surface area is 142 Å². The molecule has 0 atom stereocenters. The quantitative estimate of drug-likeness (QED) is 0.517. The van der Waals surface area contributed by atoms with E-state index in [-0.39, 0.29) is 0 Å². The highest BCUT2D eigenvalue weighted by molar-refractivity contribution is 6.02. The van der Waals surface area contributed by atoms with E-state index in [2.05, 4.69) is 20.1 Å². The predicted molar refractivity (Wildman–Crippen MR) is 95.7 cm³/mol. The maximum absolute atomic E-state index is 6.07. The van der Waals surface area contributed by atoms with Crippen molar-refractivity contribution in [1.82, 2.24) is 24.7 Å². The van der Waals surface area contributed by atoms with Gasteiger partial charge in [-0.05, 0) is 12.1 Å². The summed E-state index contributed by atoms with van der Waals surface area (Å²) in [4.78, 5) is 11.6. The molecule has 0 fully saturated rings. The number of aryl methyl sites for hydroxylation is 1. The van der Waals surface area contributed by atoms with Gasteiger partial charge in [0, 0.05) is 59.3 Å². The zero-order valence-corrected chi connectivity index (χ0v) is 13.4. The predicted octanol–water partition coefficient (Wildman–Crippen LogP) is 3.35. The second kappa shape index (κ2) is 4.94. The Kier molecular flexibility index (Phi) is 2.73. The van der Waals surface area contributed by atoms with Crippen molar-refractivity contribution in [3.05, 3.63) is 49.3 Å². The topological polar surface area (TPSA) is 98.6 Å². The zero-order valence-electron chi connectivity index (χ0n) is 13.4. The van der Waals surface area contributed by atoms with E-state index < -0.39 is 0 Å². The number of aromatic amines is 1. The molecule has 0 saturated carbocycles. The number of furan rings is 1. The molecular formula is C18H14N6O. The van der Waals surface area contributed by atoms with Crippen molar-refractivity contribution < 1.29 is 4.42 Å². The molecule has 3 N–H and O–H groups in total. The van der Waals surface area contributed by atoms with Gasteiger partial charge in [0.25, 0.3) is 0 Å². The fraction of sp³-hybridized carbons (Fsp3) is 0.0556. The Morgan fingerprint density at radius 1 is 1.16 bits per heavy atom. The van der Waals surface area contributed by atoms with Gasteiger partial charge in [0.1, 0.15) is 5.76 Å². The summed E-state index contributed by atoms with van der Waals surface area (Å²) in [6.07, 6.45) is 11.0. The van der Waals surface area contributed by atoms with Gasteiger partial charge in [-0.1, -0.05) is 0 Å². The molecule has 7 heteroatoms. The Bertz CT molecular complexity index is 1230. The molecular weight excluding hydrogens is 316 g/mol. The van der Waals surface area contributed by atoms with Gasteiger partial charge in [-0.25, -0.2) is 4.98 Å². The first-order valence-electron chi connectivity index (χ1n) is 7.79. The SMILES string of the molecule is Cn1cc(-c2cnc(N)c3oc(-c4c[nH]c5cnccc45)cc23)cn1. The second-order valence-electron chi connectivity index (χ2n) is 5.94. The van der Waals surface area contributed by atoms with Crippen molar-refractivity contribution in [1.29, 1.82) is 0 Å². The van der Waals surface area contributed by atoms with Gasteiger partial charge in [-0.2, -0.15) is 5.10 Å². The first-order valence-corrected chi connectivity index (χ1v) is 7.79. The molecule has 0 aliphatic rings. The second-order valence-corrected chi connectivity index (χ2v) is 5.94. The van der Waals surface area contributed by atoms with Gasteiger partial charge in [0.15, 0.2) is 11.4 Å². The van der Waals surface area contributed by atoms with Crippen molar-refractivity contribution in [2.24, 2.45) is 7.05 Å². The van der Waals surface area contributed by atoms with Crippen molar-refractivity contribution in [2.75, 3.05) is 5.73 Å². The summed E-state index contributed by atoms with van der Waals surface area (Å²) < 4.78 is 7.82. The lowest BCUT2D eigenvalue weighted by atomic mass is 10.1. The van der Waals surface area contributed by atoms with Crippen molar-refractivity contribution >= 4 is 27.7 Å². The van der Waals surface area contributed by atoms with Crippen LogP contribution in [0.4, 0.5) is 5.82 Å². The van der Waals surface area contributed by atoms with Crippen LogP contribution in [-0.2, 0) is 7.05 Å². The summed E-state index contributed by atoms with van der Waals surface area (Å²) in [7, 11) is 1.88. The molecule has 0 radical (unpaired) electrons. The molecule has 0 amide bonds. The van der Waals surface area contributed by atoms with Crippen molar-refractivity contribution in [3.8, 4) is 22.5 Å². The molecule has 0 spiro atoms. The molecule has 122 valence electrons. The van der Waals surface area contributed by atoms with Gasteiger partial charge in [-0.3, -0.25) is 9.67 Å². The molecule has 5 rings (SSSR count). The Morgan fingerprint density at radius 2 is 2.08 bits per heavy atom. The highest BCUT2D eigenvalue weighted by Crippen LogP contribution is 2.38. The molecule has 5 aromatic rings. The van der Waals surface area contributed by atoms with Gasteiger partial charge in [-0.15, -0.1) is 0 Å². The lowest BCUT2D eigenvalue weighted by Gasteiger charge is -2.00. The normalized spacial score (nSPS) is 11.6. The van der Waals surface area contributed by atoms with Crippen LogP contribution in [-0.4, -0.2) is 24.7 Å². The van der Waals surface area contributed by atoms with E-state index in [4.69, 9.17) is 10.2 Å². The maximum Gasteiger partial charge on any atom is 0.177 e. The van der Waals surface area contributed by atoms with Gasteiger partial charge < -0.3 is 15.1 Å². The van der Waals surface area contributed by atoms with E-state index in [9.17, 15) is 0 Å². The number of H-pyrrole nitrogens is 1. The van der Waals surface area contributed by atoms with E-state index in [0.717, 1.165) is 38.7 Å². The van der Waals surface area contributed by atoms with Crippen LogP contribution in [0.15, 0.2) is 53.7 Å². The molecule has 0 aliphatic heterocycles. The molecule has 5 heterocycles. The van der Waals surface area contributed by atoms with Crippen LogP contribution in [0.5, 0.6) is 0 Å². The van der Waals surface area contributed by atoms with Crippen LogP contribution in [0.3, 0.4) is 0 Å². The molecule has 0 aliphatic carbocycles. The van der Waals surface area contributed by atoms with Crippen LogP contribution in [0.25, 0.3) is 44.3 Å². The number of nitrogen functional groups attached to an aromatic ring is 1. The summed E-state index contributed by atoms with van der Waals surface area (Å²) in [6, 6.07) is 3.96. The fourth-order valence-corrected chi connectivity index (χ4v) is 3.14. The van der Waals surface area contributed by atoms with E-state index in [1.54, 1.807) is 29.5 Å². The molecule has 5 aromatic heterocycles. The molecule has 0 saturated heterocycles. The van der Waals surface area contributed by atoms with E-state index >= 15 is 0 Å². The van der Waals surface area contributed by atoms with Gasteiger partial charge in [0.2, 0.25) is 0 Å². The first kappa shape index (κ1) is 13.8. The first-order chi connectivity index (χ1) is 12.2. The third-order valence-corrected chi connectivity index (χ3v) is 4.35. The summed E-state index contributed by atoms with van der Waals surface area (Å²) >= 11 is 0. The van der Waals surface area contributed by atoms with Crippen LogP contribution < -0.4 is 5.73 Å².